The number of benzene rings is 2. The largest absolute Gasteiger partial charge is 0.350 e. The van der Waals surface area contributed by atoms with Crippen molar-refractivity contribution < 1.29 is 13.2 Å². The first-order valence-electron chi connectivity index (χ1n) is 8.96. The summed E-state index contributed by atoms with van der Waals surface area (Å²) in [6.45, 7) is 1.74. The minimum Gasteiger partial charge on any atom is -0.350 e. The highest BCUT2D eigenvalue weighted by Crippen LogP contribution is 2.32. The number of carbonyl (C=O) groups excluding carboxylic acids is 1. The molecule has 0 aliphatic carbocycles. The lowest BCUT2D eigenvalue weighted by atomic mass is 10.2. The second-order valence-corrected chi connectivity index (χ2v) is 9.39. The zero-order valence-corrected chi connectivity index (χ0v) is 18.6. The van der Waals surface area contributed by atoms with Gasteiger partial charge in [-0.15, -0.1) is 0 Å². The maximum atomic E-state index is 12.7. The molecule has 1 aromatic heterocycles. The second kappa shape index (κ2) is 9.07. The maximum Gasteiger partial charge on any atom is 0.243 e. The molecule has 0 radical (unpaired) electrons. The fourth-order valence-electron chi connectivity index (χ4n) is 2.97. The molecule has 0 saturated heterocycles. The van der Waals surface area contributed by atoms with E-state index in [-0.39, 0.29) is 17.3 Å². The van der Waals surface area contributed by atoms with Gasteiger partial charge in [0.15, 0.2) is 0 Å². The van der Waals surface area contributed by atoms with Crippen molar-refractivity contribution in [2.75, 3.05) is 10.6 Å². The van der Waals surface area contributed by atoms with Crippen LogP contribution in [-0.2, 0) is 21.4 Å². The summed E-state index contributed by atoms with van der Waals surface area (Å²) >= 11 is 12.2. The van der Waals surface area contributed by atoms with Crippen LogP contribution in [0.15, 0.2) is 61.2 Å². The molecule has 0 aliphatic heterocycles. The highest BCUT2D eigenvalue weighted by atomic mass is 35.5. The van der Waals surface area contributed by atoms with Crippen molar-refractivity contribution in [3.8, 4) is 5.69 Å². The van der Waals surface area contributed by atoms with Crippen molar-refractivity contribution in [3.05, 3.63) is 76.8 Å². The van der Waals surface area contributed by atoms with Crippen LogP contribution in [0, 0.1) is 0 Å². The highest BCUT2D eigenvalue weighted by Gasteiger charge is 2.30. The van der Waals surface area contributed by atoms with E-state index in [4.69, 9.17) is 23.2 Å². The summed E-state index contributed by atoms with van der Waals surface area (Å²) in [7, 11) is -3.79. The van der Waals surface area contributed by atoms with Crippen molar-refractivity contribution in [2.24, 2.45) is 0 Å². The molecular weight excluding hydrogens is 447 g/mol. The van der Waals surface area contributed by atoms with Crippen LogP contribution in [0.5, 0.6) is 0 Å². The molecule has 1 N–H and O–H groups in total. The van der Waals surface area contributed by atoms with Crippen molar-refractivity contribution in [3.63, 3.8) is 0 Å². The maximum absolute atomic E-state index is 12.7. The Bertz CT molecular complexity index is 1130. The zero-order chi connectivity index (χ0) is 21.9. The Labute approximate surface area is 185 Å². The average Bonchev–Trinajstić information content (AvgIpc) is 3.23. The van der Waals surface area contributed by atoms with Gasteiger partial charge in [-0.3, -0.25) is 9.10 Å². The molecule has 2 aromatic carbocycles. The number of sulfonamides is 1. The first-order chi connectivity index (χ1) is 14.2. The van der Waals surface area contributed by atoms with Gasteiger partial charge in [-0.1, -0.05) is 35.3 Å². The third kappa shape index (κ3) is 5.13. The van der Waals surface area contributed by atoms with Crippen LogP contribution in [-0.4, -0.2) is 36.2 Å². The molecule has 0 unspecified atom stereocenters. The highest BCUT2D eigenvalue weighted by molar-refractivity contribution is 7.92. The molecule has 1 amide bonds. The standard InChI is InChI=1S/C20H20Cl2N4O3S/c1-14(26(30(2,28)29)19-11-16(21)5-8-18(19)22)20(27)24-12-15-3-6-17(7-4-15)25-10-9-23-13-25/h3-11,13-14H,12H2,1-2H3,(H,24,27)/t14-/m1/s1. The number of nitrogens with zero attached hydrogens (tertiary/aromatic N) is 3. The van der Waals surface area contributed by atoms with Crippen LogP contribution < -0.4 is 9.62 Å². The predicted octanol–water partition coefficient (Wildman–Crippen LogP) is 3.65. The molecule has 3 rings (SSSR count). The van der Waals surface area contributed by atoms with Gasteiger partial charge < -0.3 is 9.88 Å². The summed E-state index contributed by atoms with van der Waals surface area (Å²) in [4.78, 5) is 16.7. The Morgan fingerprint density at radius 2 is 1.90 bits per heavy atom. The van der Waals surface area contributed by atoms with Crippen molar-refractivity contribution in [1.82, 2.24) is 14.9 Å². The minimum absolute atomic E-state index is 0.152. The van der Waals surface area contributed by atoms with Crippen LogP contribution in [0.1, 0.15) is 12.5 Å². The molecule has 3 aromatic rings. The van der Waals surface area contributed by atoms with Gasteiger partial charge in [0.05, 0.1) is 23.3 Å². The fourth-order valence-corrected chi connectivity index (χ4v) is 4.57. The second-order valence-electron chi connectivity index (χ2n) is 6.68. The molecule has 0 bridgehead atoms. The van der Waals surface area contributed by atoms with Crippen LogP contribution in [0.2, 0.25) is 10.0 Å². The van der Waals surface area contributed by atoms with Gasteiger partial charge in [0.25, 0.3) is 0 Å². The van der Waals surface area contributed by atoms with E-state index in [1.807, 2.05) is 35.0 Å². The Morgan fingerprint density at radius 3 is 2.50 bits per heavy atom. The molecule has 0 aliphatic rings. The van der Waals surface area contributed by atoms with Crippen molar-refractivity contribution in [2.45, 2.75) is 19.5 Å². The molecule has 7 nitrogen and oxygen atoms in total. The molecule has 0 saturated carbocycles. The summed E-state index contributed by atoms with van der Waals surface area (Å²) < 4.78 is 27.6. The monoisotopic (exact) mass is 466 g/mol. The Balaban J connectivity index is 1.73. The van der Waals surface area contributed by atoms with Crippen molar-refractivity contribution >= 4 is 44.8 Å². The number of hydrogen-bond donors (Lipinski definition) is 1. The zero-order valence-electron chi connectivity index (χ0n) is 16.3. The normalized spacial score (nSPS) is 12.4. The number of hydrogen-bond acceptors (Lipinski definition) is 4. The van der Waals surface area contributed by atoms with Gasteiger partial charge in [0.1, 0.15) is 6.04 Å². The lowest BCUT2D eigenvalue weighted by Gasteiger charge is -2.29. The molecule has 1 heterocycles. The Hall–Kier alpha value is -2.55. The van der Waals surface area contributed by atoms with Crippen LogP contribution in [0.25, 0.3) is 5.69 Å². The molecule has 158 valence electrons. The first kappa shape index (κ1) is 22.1. The third-order valence-corrected chi connectivity index (χ3v) is 6.22. The lowest BCUT2D eigenvalue weighted by Crippen LogP contribution is -2.47. The summed E-state index contributed by atoms with van der Waals surface area (Å²) in [5.74, 6) is -0.463. The number of halogens is 2. The molecule has 10 heteroatoms. The van der Waals surface area contributed by atoms with Gasteiger partial charge in [-0.05, 0) is 42.8 Å². The fraction of sp³-hybridized carbons (Fsp3) is 0.200. The van der Waals surface area contributed by atoms with Crippen LogP contribution in [0.4, 0.5) is 5.69 Å². The quantitative estimate of drug-likeness (QED) is 0.575. The number of nitrogens with one attached hydrogen (secondary N) is 1. The summed E-state index contributed by atoms with van der Waals surface area (Å²) in [5, 5.41) is 3.26. The van der Waals surface area contributed by atoms with E-state index in [1.165, 1.54) is 19.1 Å². The molecule has 30 heavy (non-hydrogen) atoms. The number of anilines is 1. The molecule has 1 atom stereocenters. The number of amides is 1. The average molecular weight is 467 g/mol. The predicted molar refractivity (Wildman–Crippen MR) is 119 cm³/mol. The van der Waals surface area contributed by atoms with E-state index in [2.05, 4.69) is 10.3 Å². The van der Waals surface area contributed by atoms with Gasteiger partial charge >= 0.3 is 0 Å². The number of aromatic nitrogens is 2. The van der Waals surface area contributed by atoms with E-state index >= 15 is 0 Å². The number of imidazole rings is 1. The SMILES string of the molecule is C[C@H](C(=O)NCc1ccc(-n2ccnc2)cc1)N(c1cc(Cl)ccc1Cl)S(C)(=O)=O. The van der Waals surface area contributed by atoms with E-state index in [0.717, 1.165) is 21.8 Å². The first-order valence-corrected chi connectivity index (χ1v) is 11.6. The van der Waals surface area contributed by atoms with Crippen LogP contribution in [0.3, 0.4) is 0 Å². The van der Waals surface area contributed by atoms with E-state index < -0.39 is 22.0 Å². The van der Waals surface area contributed by atoms with Crippen molar-refractivity contribution in [1.29, 1.82) is 0 Å². The van der Waals surface area contributed by atoms with Gasteiger partial charge in [0.2, 0.25) is 15.9 Å². The third-order valence-electron chi connectivity index (χ3n) is 4.44. The van der Waals surface area contributed by atoms with E-state index in [1.54, 1.807) is 18.6 Å². The van der Waals surface area contributed by atoms with Gasteiger partial charge in [-0.25, -0.2) is 13.4 Å². The summed E-state index contributed by atoms with van der Waals surface area (Å²) in [6, 6.07) is 11.0. The topological polar surface area (TPSA) is 84.3 Å². The molecular formula is C20H20Cl2N4O3S. The molecule has 0 fully saturated rings. The number of rotatable bonds is 7. The summed E-state index contributed by atoms with van der Waals surface area (Å²) in [5.41, 5.74) is 1.96. The Morgan fingerprint density at radius 1 is 1.20 bits per heavy atom. The van der Waals surface area contributed by atoms with Crippen LogP contribution >= 0.6 is 23.2 Å². The Kier molecular flexibility index (Phi) is 6.70. The molecule has 0 spiro atoms. The van der Waals surface area contributed by atoms with Gasteiger partial charge in [0, 0.05) is 29.6 Å². The smallest absolute Gasteiger partial charge is 0.243 e. The lowest BCUT2D eigenvalue weighted by molar-refractivity contribution is -0.122. The summed E-state index contributed by atoms with van der Waals surface area (Å²) in [6.07, 6.45) is 6.23. The van der Waals surface area contributed by atoms with E-state index in [9.17, 15) is 13.2 Å². The van der Waals surface area contributed by atoms with E-state index in [0.29, 0.717) is 5.02 Å². The minimum atomic E-state index is -3.79. The number of carbonyl (C=O) groups is 1. The van der Waals surface area contributed by atoms with Gasteiger partial charge in [-0.2, -0.15) is 0 Å².